The number of carbonyl (C=O) groups is 2. The number of hydrogen-bond donors (Lipinski definition) is 1. The van der Waals surface area contributed by atoms with E-state index in [0.717, 1.165) is 17.2 Å². The molecule has 1 atom stereocenters. The highest BCUT2D eigenvalue weighted by Gasteiger charge is 2.30. The van der Waals surface area contributed by atoms with Gasteiger partial charge in [-0.15, -0.1) is 0 Å². The zero-order chi connectivity index (χ0) is 22.7. The minimum absolute atomic E-state index is 0.154. The van der Waals surface area contributed by atoms with Gasteiger partial charge in [-0.1, -0.05) is 25.1 Å². The average molecular weight is 436 g/mol. The van der Waals surface area contributed by atoms with Gasteiger partial charge in [0.25, 0.3) is 11.8 Å². The third-order valence-corrected chi connectivity index (χ3v) is 5.28. The molecule has 7 heteroatoms. The minimum Gasteiger partial charge on any atom is -0.480 e. The minimum atomic E-state index is -0.635. The van der Waals surface area contributed by atoms with Gasteiger partial charge >= 0.3 is 0 Å². The molecule has 0 saturated heterocycles. The van der Waals surface area contributed by atoms with E-state index in [4.69, 9.17) is 4.74 Å². The van der Waals surface area contributed by atoms with Gasteiger partial charge in [0, 0.05) is 29.9 Å². The average Bonchev–Trinajstić information content (AvgIpc) is 2.91. The summed E-state index contributed by atoms with van der Waals surface area (Å²) < 4.78 is 32.6. The smallest absolute Gasteiger partial charge is 0.264 e. The Hall–Kier alpha value is -3.74. The molecule has 1 heterocycles. The van der Waals surface area contributed by atoms with Crippen molar-refractivity contribution in [1.82, 2.24) is 4.90 Å². The largest absolute Gasteiger partial charge is 0.480 e. The number of halogens is 2. The molecule has 164 valence electrons. The number of rotatable bonds is 5. The summed E-state index contributed by atoms with van der Waals surface area (Å²) in [7, 11) is 0. The van der Waals surface area contributed by atoms with Gasteiger partial charge in [-0.3, -0.25) is 9.59 Å². The second-order valence-electron chi connectivity index (χ2n) is 7.62. The summed E-state index contributed by atoms with van der Waals surface area (Å²) in [5.74, 6) is -0.859. The summed E-state index contributed by atoms with van der Waals surface area (Å²) in [5.41, 5.74) is 2.24. The van der Waals surface area contributed by atoms with Gasteiger partial charge in [0.1, 0.15) is 17.4 Å². The van der Waals surface area contributed by atoms with Crippen LogP contribution in [0.15, 0.2) is 66.7 Å². The molecular weight excluding hydrogens is 414 g/mol. The molecule has 3 aromatic carbocycles. The lowest BCUT2D eigenvalue weighted by atomic mass is 10.1. The monoisotopic (exact) mass is 436 g/mol. The van der Waals surface area contributed by atoms with Crippen LogP contribution in [0.25, 0.3) is 0 Å². The first-order valence-electron chi connectivity index (χ1n) is 10.3. The van der Waals surface area contributed by atoms with Crippen LogP contribution >= 0.6 is 0 Å². The van der Waals surface area contributed by atoms with Crippen LogP contribution in [0.1, 0.15) is 34.8 Å². The highest BCUT2D eigenvalue weighted by molar-refractivity contribution is 6.04. The van der Waals surface area contributed by atoms with E-state index in [1.54, 1.807) is 35.2 Å². The molecule has 32 heavy (non-hydrogen) atoms. The summed E-state index contributed by atoms with van der Waals surface area (Å²) >= 11 is 0. The Bertz CT molecular complexity index is 1150. The van der Waals surface area contributed by atoms with E-state index in [2.05, 4.69) is 5.32 Å². The van der Waals surface area contributed by atoms with Crippen molar-refractivity contribution in [3.8, 4) is 5.75 Å². The molecule has 5 nitrogen and oxygen atoms in total. The Labute approximate surface area is 184 Å². The summed E-state index contributed by atoms with van der Waals surface area (Å²) in [5, 5.41) is 2.76. The van der Waals surface area contributed by atoms with Crippen molar-refractivity contribution < 1.29 is 23.1 Å². The summed E-state index contributed by atoms with van der Waals surface area (Å²) in [4.78, 5) is 27.2. The predicted molar refractivity (Wildman–Crippen MR) is 116 cm³/mol. The van der Waals surface area contributed by atoms with E-state index in [1.807, 2.05) is 6.92 Å². The fourth-order valence-corrected chi connectivity index (χ4v) is 3.62. The van der Waals surface area contributed by atoms with Gasteiger partial charge in [-0.2, -0.15) is 0 Å². The molecule has 0 fully saturated rings. The summed E-state index contributed by atoms with van der Waals surface area (Å²) in [6.45, 7) is 2.45. The second kappa shape index (κ2) is 9.18. The Morgan fingerprint density at radius 3 is 2.56 bits per heavy atom. The maximum absolute atomic E-state index is 13.4. The number of nitrogens with one attached hydrogen (secondary N) is 1. The standard InChI is InChI=1S/C25H22F2N2O3/c1-2-22-25(31)29(14-16-6-8-19(26)9-7-16)15-18-13-21(10-11-23(18)32-22)28-24(30)17-4-3-5-20(27)12-17/h3-13,22H,2,14-15H2,1H3,(H,28,30)/t22-/m0/s1. The maximum Gasteiger partial charge on any atom is 0.264 e. The molecule has 1 N–H and O–H groups in total. The van der Waals surface area contributed by atoms with Crippen LogP contribution in [0.3, 0.4) is 0 Å². The molecule has 0 spiro atoms. The Morgan fingerprint density at radius 1 is 1.06 bits per heavy atom. The van der Waals surface area contributed by atoms with E-state index in [0.29, 0.717) is 24.4 Å². The van der Waals surface area contributed by atoms with Crippen molar-refractivity contribution in [1.29, 1.82) is 0 Å². The van der Waals surface area contributed by atoms with E-state index in [-0.39, 0.29) is 23.8 Å². The molecule has 4 rings (SSSR count). The van der Waals surface area contributed by atoms with Crippen molar-refractivity contribution in [3.05, 3.63) is 95.1 Å². The first kappa shape index (κ1) is 21.5. The Morgan fingerprint density at radius 2 is 1.84 bits per heavy atom. The number of nitrogens with zero attached hydrogens (tertiary/aromatic N) is 1. The number of amides is 2. The molecule has 0 saturated carbocycles. The first-order chi connectivity index (χ1) is 15.4. The Kier molecular flexibility index (Phi) is 6.16. The van der Waals surface area contributed by atoms with E-state index >= 15 is 0 Å². The predicted octanol–water partition coefficient (Wildman–Crippen LogP) is 4.92. The van der Waals surface area contributed by atoms with Crippen LogP contribution < -0.4 is 10.1 Å². The van der Waals surface area contributed by atoms with Gasteiger partial charge in [-0.25, -0.2) is 8.78 Å². The molecule has 2 amide bonds. The van der Waals surface area contributed by atoms with Gasteiger partial charge in [-0.05, 0) is 60.5 Å². The fourth-order valence-electron chi connectivity index (χ4n) is 3.62. The lowest BCUT2D eigenvalue weighted by Crippen LogP contribution is -2.38. The molecule has 1 aliphatic rings. The lowest BCUT2D eigenvalue weighted by Gasteiger charge is -2.23. The van der Waals surface area contributed by atoms with Crippen LogP contribution in [0.4, 0.5) is 14.5 Å². The van der Waals surface area contributed by atoms with Crippen molar-refractivity contribution in [2.24, 2.45) is 0 Å². The number of carbonyl (C=O) groups excluding carboxylic acids is 2. The number of ether oxygens (including phenoxy) is 1. The molecular formula is C25H22F2N2O3. The summed E-state index contributed by atoms with van der Waals surface area (Å²) in [6, 6.07) is 16.6. The van der Waals surface area contributed by atoms with Crippen LogP contribution in [0, 0.1) is 11.6 Å². The third kappa shape index (κ3) is 4.77. The normalized spacial score (nSPS) is 15.5. The molecule has 0 radical (unpaired) electrons. The molecule has 0 aliphatic carbocycles. The van der Waals surface area contributed by atoms with Gasteiger partial charge < -0.3 is 15.0 Å². The lowest BCUT2D eigenvalue weighted by molar-refractivity contribution is -0.139. The van der Waals surface area contributed by atoms with Crippen molar-refractivity contribution >= 4 is 17.5 Å². The van der Waals surface area contributed by atoms with Crippen LogP contribution in [0.2, 0.25) is 0 Å². The molecule has 0 bridgehead atoms. The number of fused-ring (bicyclic) bond motifs is 1. The topological polar surface area (TPSA) is 58.6 Å². The molecule has 3 aromatic rings. The van der Waals surface area contributed by atoms with Crippen LogP contribution in [0.5, 0.6) is 5.75 Å². The van der Waals surface area contributed by atoms with E-state index in [9.17, 15) is 18.4 Å². The van der Waals surface area contributed by atoms with Gasteiger partial charge in [0.05, 0.1) is 0 Å². The number of hydrogen-bond acceptors (Lipinski definition) is 3. The highest BCUT2D eigenvalue weighted by atomic mass is 19.1. The van der Waals surface area contributed by atoms with E-state index in [1.165, 1.54) is 30.3 Å². The van der Waals surface area contributed by atoms with E-state index < -0.39 is 17.8 Å². The Balaban J connectivity index is 1.58. The number of benzene rings is 3. The molecule has 0 aromatic heterocycles. The van der Waals surface area contributed by atoms with Gasteiger partial charge in [0.15, 0.2) is 6.10 Å². The van der Waals surface area contributed by atoms with Crippen molar-refractivity contribution in [3.63, 3.8) is 0 Å². The third-order valence-electron chi connectivity index (χ3n) is 5.28. The molecule has 0 unspecified atom stereocenters. The SMILES string of the molecule is CC[C@@H]1Oc2ccc(NC(=O)c3cccc(F)c3)cc2CN(Cc2ccc(F)cc2)C1=O. The highest BCUT2D eigenvalue weighted by Crippen LogP contribution is 2.30. The van der Waals surface area contributed by atoms with Gasteiger partial charge in [0.2, 0.25) is 0 Å². The quantitative estimate of drug-likeness (QED) is 0.618. The van der Waals surface area contributed by atoms with Crippen LogP contribution in [-0.4, -0.2) is 22.8 Å². The first-order valence-corrected chi connectivity index (χ1v) is 10.3. The maximum atomic E-state index is 13.4. The van der Waals surface area contributed by atoms with Crippen molar-refractivity contribution in [2.75, 3.05) is 5.32 Å². The second-order valence-corrected chi connectivity index (χ2v) is 7.62. The molecule has 1 aliphatic heterocycles. The number of anilines is 1. The fraction of sp³-hybridized carbons (Fsp3) is 0.200. The zero-order valence-corrected chi connectivity index (χ0v) is 17.5. The van der Waals surface area contributed by atoms with Crippen molar-refractivity contribution in [2.45, 2.75) is 32.5 Å². The zero-order valence-electron chi connectivity index (χ0n) is 17.5. The van der Waals surface area contributed by atoms with Crippen LogP contribution in [-0.2, 0) is 17.9 Å². The summed E-state index contributed by atoms with van der Waals surface area (Å²) in [6.07, 6.45) is -0.139.